The SMILES string of the molecule is CCCCCC1(CC)N=NN=N1. The maximum Gasteiger partial charge on any atom is 0.195 e. The van der Waals surface area contributed by atoms with Crippen LogP contribution < -0.4 is 0 Å². The summed E-state index contributed by atoms with van der Waals surface area (Å²) in [5.74, 6) is 0. The largest absolute Gasteiger partial charge is 0.195 e. The molecule has 1 heterocycles. The maximum atomic E-state index is 4.05. The van der Waals surface area contributed by atoms with E-state index in [0.717, 1.165) is 12.8 Å². The minimum Gasteiger partial charge on any atom is -0.135 e. The zero-order valence-corrected chi connectivity index (χ0v) is 7.82. The summed E-state index contributed by atoms with van der Waals surface area (Å²) >= 11 is 0. The van der Waals surface area contributed by atoms with Gasteiger partial charge in [-0.1, -0.05) is 26.7 Å². The summed E-state index contributed by atoms with van der Waals surface area (Å²) in [6.45, 7) is 4.27. The molecule has 0 aliphatic carbocycles. The lowest BCUT2D eigenvalue weighted by Gasteiger charge is -2.16. The highest BCUT2D eigenvalue weighted by Crippen LogP contribution is 2.29. The quantitative estimate of drug-likeness (QED) is 0.564. The van der Waals surface area contributed by atoms with Crippen LogP contribution in [0.3, 0.4) is 0 Å². The highest BCUT2D eigenvalue weighted by Gasteiger charge is 2.29. The van der Waals surface area contributed by atoms with Gasteiger partial charge in [-0.05, 0) is 29.7 Å². The molecule has 0 radical (unpaired) electrons. The molecule has 0 spiro atoms. The third kappa shape index (κ3) is 2.09. The maximum absolute atomic E-state index is 4.05. The summed E-state index contributed by atoms with van der Waals surface area (Å²) in [5, 5.41) is 15.2. The lowest BCUT2D eigenvalue weighted by atomic mass is 10.0. The van der Waals surface area contributed by atoms with Crippen LogP contribution in [-0.4, -0.2) is 5.66 Å². The minimum atomic E-state index is -0.296. The van der Waals surface area contributed by atoms with E-state index in [0.29, 0.717) is 0 Å². The molecule has 0 atom stereocenters. The van der Waals surface area contributed by atoms with Crippen LogP contribution in [0, 0.1) is 0 Å². The number of unbranched alkanes of at least 4 members (excludes halogenated alkanes) is 2. The van der Waals surface area contributed by atoms with Gasteiger partial charge in [0.25, 0.3) is 0 Å². The predicted octanol–water partition coefficient (Wildman–Crippen LogP) is 3.51. The summed E-state index contributed by atoms with van der Waals surface area (Å²) in [6, 6.07) is 0. The molecule has 4 nitrogen and oxygen atoms in total. The first-order valence-corrected chi connectivity index (χ1v) is 4.67. The molecule has 1 rings (SSSR count). The molecule has 0 aromatic heterocycles. The minimum absolute atomic E-state index is 0.296. The van der Waals surface area contributed by atoms with Crippen molar-refractivity contribution in [1.29, 1.82) is 0 Å². The van der Waals surface area contributed by atoms with Crippen LogP contribution in [-0.2, 0) is 0 Å². The Labute approximate surface area is 73.2 Å². The Morgan fingerprint density at radius 1 is 1.00 bits per heavy atom. The molecule has 0 N–H and O–H groups in total. The van der Waals surface area contributed by atoms with E-state index in [1.807, 2.05) is 0 Å². The molecule has 0 saturated heterocycles. The third-order valence-corrected chi connectivity index (χ3v) is 2.25. The van der Waals surface area contributed by atoms with Gasteiger partial charge in [0.05, 0.1) is 0 Å². The van der Waals surface area contributed by atoms with Gasteiger partial charge in [0.1, 0.15) is 0 Å². The molecule has 4 heteroatoms. The molecule has 0 unspecified atom stereocenters. The van der Waals surface area contributed by atoms with E-state index >= 15 is 0 Å². The number of nitrogens with zero attached hydrogens (tertiary/aromatic N) is 4. The first-order chi connectivity index (χ1) is 5.83. The van der Waals surface area contributed by atoms with Crippen LogP contribution in [0.2, 0.25) is 0 Å². The Bertz CT molecular complexity index is 173. The Kier molecular flexibility index (Phi) is 3.31. The van der Waals surface area contributed by atoms with Crippen molar-refractivity contribution < 1.29 is 0 Å². The Balaban J connectivity index is 2.35. The summed E-state index contributed by atoms with van der Waals surface area (Å²) in [4.78, 5) is 0. The highest BCUT2D eigenvalue weighted by molar-refractivity contribution is 4.82. The van der Waals surface area contributed by atoms with Crippen molar-refractivity contribution in [1.82, 2.24) is 0 Å². The van der Waals surface area contributed by atoms with Gasteiger partial charge in [-0.25, -0.2) is 0 Å². The third-order valence-electron chi connectivity index (χ3n) is 2.25. The van der Waals surface area contributed by atoms with Crippen LogP contribution in [0.4, 0.5) is 0 Å². The number of hydrogen-bond acceptors (Lipinski definition) is 4. The number of hydrogen-bond donors (Lipinski definition) is 0. The van der Waals surface area contributed by atoms with Crippen LogP contribution in [0.1, 0.15) is 46.0 Å². The van der Waals surface area contributed by atoms with Crippen molar-refractivity contribution in [2.45, 2.75) is 51.6 Å². The van der Waals surface area contributed by atoms with Crippen LogP contribution in [0.15, 0.2) is 20.7 Å². The summed E-state index contributed by atoms with van der Waals surface area (Å²) < 4.78 is 0. The molecule has 0 aromatic rings. The Morgan fingerprint density at radius 2 is 1.67 bits per heavy atom. The molecule has 1 aliphatic heterocycles. The standard InChI is InChI=1S/C8H16N4/c1-3-5-6-7-8(4-2)9-11-12-10-8/h3-7H2,1-2H3. The predicted molar refractivity (Wildman–Crippen MR) is 46.9 cm³/mol. The average molecular weight is 168 g/mol. The zero-order valence-electron chi connectivity index (χ0n) is 7.82. The van der Waals surface area contributed by atoms with E-state index in [2.05, 4.69) is 34.5 Å². The van der Waals surface area contributed by atoms with Crippen molar-refractivity contribution in [3.8, 4) is 0 Å². The molecule has 0 aromatic carbocycles. The van der Waals surface area contributed by atoms with Gasteiger partial charge in [0.2, 0.25) is 0 Å². The zero-order chi connectivity index (χ0) is 8.86. The second-order valence-corrected chi connectivity index (χ2v) is 3.17. The van der Waals surface area contributed by atoms with Crippen LogP contribution in [0.5, 0.6) is 0 Å². The second kappa shape index (κ2) is 4.28. The highest BCUT2D eigenvalue weighted by atomic mass is 15.6. The summed E-state index contributed by atoms with van der Waals surface area (Å²) in [5.41, 5.74) is -0.296. The van der Waals surface area contributed by atoms with Crippen LogP contribution in [0.25, 0.3) is 0 Å². The topological polar surface area (TPSA) is 49.4 Å². The van der Waals surface area contributed by atoms with Gasteiger partial charge in [0.15, 0.2) is 5.66 Å². The van der Waals surface area contributed by atoms with Gasteiger partial charge in [0, 0.05) is 0 Å². The molecule has 12 heavy (non-hydrogen) atoms. The lowest BCUT2D eigenvalue weighted by molar-refractivity contribution is 0.378. The molecule has 0 saturated carbocycles. The van der Waals surface area contributed by atoms with E-state index in [4.69, 9.17) is 0 Å². The Morgan fingerprint density at radius 3 is 2.17 bits per heavy atom. The van der Waals surface area contributed by atoms with E-state index in [1.165, 1.54) is 19.3 Å². The van der Waals surface area contributed by atoms with E-state index in [1.54, 1.807) is 0 Å². The Hall–Kier alpha value is -0.800. The fourth-order valence-electron chi connectivity index (χ4n) is 1.30. The smallest absolute Gasteiger partial charge is 0.135 e. The van der Waals surface area contributed by atoms with Crippen molar-refractivity contribution in [3.05, 3.63) is 0 Å². The first kappa shape index (κ1) is 9.29. The van der Waals surface area contributed by atoms with Gasteiger partial charge in [-0.15, -0.1) is 10.2 Å². The second-order valence-electron chi connectivity index (χ2n) is 3.17. The average Bonchev–Trinajstić information content (AvgIpc) is 2.55. The van der Waals surface area contributed by atoms with Gasteiger partial charge >= 0.3 is 0 Å². The van der Waals surface area contributed by atoms with Crippen molar-refractivity contribution in [3.63, 3.8) is 0 Å². The molecule has 1 aliphatic rings. The molecule has 68 valence electrons. The molecule has 0 fully saturated rings. The molecule has 0 bridgehead atoms. The van der Waals surface area contributed by atoms with E-state index < -0.39 is 0 Å². The van der Waals surface area contributed by atoms with Crippen molar-refractivity contribution >= 4 is 0 Å². The van der Waals surface area contributed by atoms with E-state index in [-0.39, 0.29) is 5.66 Å². The molecular formula is C8H16N4. The normalized spacial score (nSPS) is 18.8. The fourth-order valence-corrected chi connectivity index (χ4v) is 1.30. The molecular weight excluding hydrogens is 152 g/mol. The lowest BCUT2D eigenvalue weighted by Crippen LogP contribution is -2.19. The first-order valence-electron chi connectivity index (χ1n) is 4.67. The van der Waals surface area contributed by atoms with Crippen molar-refractivity contribution in [2.75, 3.05) is 0 Å². The van der Waals surface area contributed by atoms with Crippen LogP contribution >= 0.6 is 0 Å². The van der Waals surface area contributed by atoms with E-state index in [9.17, 15) is 0 Å². The van der Waals surface area contributed by atoms with Crippen molar-refractivity contribution in [2.24, 2.45) is 20.7 Å². The van der Waals surface area contributed by atoms with Gasteiger partial charge < -0.3 is 0 Å². The number of rotatable bonds is 5. The molecule has 0 amide bonds. The summed E-state index contributed by atoms with van der Waals surface area (Å²) in [7, 11) is 0. The van der Waals surface area contributed by atoms with Gasteiger partial charge in [-0.3, -0.25) is 0 Å². The fraction of sp³-hybridized carbons (Fsp3) is 1.00. The summed E-state index contributed by atoms with van der Waals surface area (Å²) in [6.07, 6.45) is 5.54. The van der Waals surface area contributed by atoms with Gasteiger partial charge in [-0.2, -0.15) is 0 Å². The monoisotopic (exact) mass is 168 g/mol.